The van der Waals surface area contributed by atoms with Crippen LogP contribution in [-0.2, 0) is 0 Å². The molecule has 88 valence electrons. The van der Waals surface area contributed by atoms with Crippen LogP contribution in [0, 0.1) is 0 Å². The zero-order chi connectivity index (χ0) is 12.1. The van der Waals surface area contributed by atoms with Gasteiger partial charge in [-0.25, -0.2) is 0 Å². The molecule has 1 rings (SSSR count). The number of ketones is 1. The maximum absolute atomic E-state index is 11.9. The molecule has 5 heteroatoms. The lowest BCUT2D eigenvalue weighted by Gasteiger charge is -2.12. The molecule has 0 aliphatic rings. The summed E-state index contributed by atoms with van der Waals surface area (Å²) in [5, 5.41) is 0. The summed E-state index contributed by atoms with van der Waals surface area (Å²) in [5.74, 6) is 0.201. The number of anilines is 1. The summed E-state index contributed by atoms with van der Waals surface area (Å²) in [6.07, 6.45) is 0.285. The highest BCUT2D eigenvalue weighted by atomic mass is 79.9. The van der Waals surface area contributed by atoms with Crippen LogP contribution < -0.4 is 10.5 Å². The van der Waals surface area contributed by atoms with Gasteiger partial charge in [0, 0.05) is 10.9 Å². The molecule has 0 bridgehead atoms. The first-order valence-corrected chi connectivity index (χ1v) is 5.64. The molecule has 1 aromatic rings. The second-order valence-corrected chi connectivity index (χ2v) is 4.23. The fraction of sp³-hybridized carbons (Fsp3) is 0.364. The predicted molar refractivity (Wildman–Crippen MR) is 64.6 cm³/mol. The number of halogens is 2. The third-order valence-corrected chi connectivity index (χ3v) is 2.44. The van der Waals surface area contributed by atoms with E-state index in [1.54, 1.807) is 12.1 Å². The van der Waals surface area contributed by atoms with E-state index in [9.17, 15) is 9.18 Å². The first-order valence-electron chi connectivity index (χ1n) is 4.85. The van der Waals surface area contributed by atoms with Crippen molar-refractivity contribution in [1.29, 1.82) is 0 Å². The monoisotopic (exact) mass is 289 g/mol. The molecular formula is C11H13BrFNO2. The van der Waals surface area contributed by atoms with Crippen LogP contribution in [0.15, 0.2) is 16.6 Å². The van der Waals surface area contributed by atoms with Crippen molar-refractivity contribution in [2.75, 3.05) is 19.0 Å². The molecule has 2 N–H and O–H groups in total. The van der Waals surface area contributed by atoms with Gasteiger partial charge in [0.25, 0.3) is 0 Å². The number of nitrogen functional groups attached to an aromatic ring is 1. The lowest BCUT2D eigenvalue weighted by molar-refractivity contribution is 0.101. The van der Waals surface area contributed by atoms with E-state index in [4.69, 9.17) is 10.5 Å². The van der Waals surface area contributed by atoms with Crippen LogP contribution in [0.2, 0.25) is 0 Å². The van der Waals surface area contributed by atoms with Crippen molar-refractivity contribution in [2.45, 2.75) is 13.3 Å². The molecular weight excluding hydrogens is 277 g/mol. The van der Waals surface area contributed by atoms with Gasteiger partial charge in [-0.15, -0.1) is 0 Å². The largest absolute Gasteiger partial charge is 0.491 e. The van der Waals surface area contributed by atoms with E-state index in [0.717, 1.165) is 0 Å². The van der Waals surface area contributed by atoms with Crippen molar-refractivity contribution >= 4 is 27.4 Å². The van der Waals surface area contributed by atoms with Gasteiger partial charge >= 0.3 is 0 Å². The normalized spacial score (nSPS) is 10.2. The highest BCUT2D eigenvalue weighted by molar-refractivity contribution is 9.10. The molecule has 0 saturated heterocycles. The summed E-state index contributed by atoms with van der Waals surface area (Å²) in [6.45, 7) is 1.19. The number of hydrogen-bond acceptors (Lipinski definition) is 3. The van der Waals surface area contributed by atoms with E-state index in [1.807, 2.05) is 0 Å². The molecule has 0 saturated carbocycles. The van der Waals surface area contributed by atoms with E-state index in [0.29, 0.717) is 21.5 Å². The third-order valence-electron chi connectivity index (χ3n) is 1.99. The smallest absolute Gasteiger partial charge is 0.163 e. The second kappa shape index (κ2) is 5.84. The molecule has 16 heavy (non-hydrogen) atoms. The fourth-order valence-electron chi connectivity index (χ4n) is 1.27. The Labute approximate surface area is 102 Å². The Hall–Kier alpha value is -1.10. The van der Waals surface area contributed by atoms with E-state index in [1.165, 1.54) is 6.92 Å². The zero-order valence-corrected chi connectivity index (χ0v) is 10.5. The Kier molecular flexibility index (Phi) is 4.73. The van der Waals surface area contributed by atoms with Crippen LogP contribution in [-0.4, -0.2) is 19.1 Å². The first kappa shape index (κ1) is 13.0. The van der Waals surface area contributed by atoms with Crippen molar-refractivity contribution in [1.82, 2.24) is 0 Å². The predicted octanol–water partition coefficient (Wildman–Crippen LogP) is 2.97. The average molecular weight is 290 g/mol. The second-order valence-electron chi connectivity index (χ2n) is 3.32. The van der Waals surface area contributed by atoms with Gasteiger partial charge in [-0.1, -0.05) is 15.9 Å². The fourth-order valence-corrected chi connectivity index (χ4v) is 1.74. The van der Waals surface area contributed by atoms with Gasteiger partial charge in [-0.3, -0.25) is 9.18 Å². The van der Waals surface area contributed by atoms with Gasteiger partial charge in [-0.2, -0.15) is 0 Å². The highest BCUT2D eigenvalue weighted by Gasteiger charge is 2.13. The Bertz CT molecular complexity index is 396. The molecule has 0 unspecified atom stereocenters. The van der Waals surface area contributed by atoms with Crippen molar-refractivity contribution in [2.24, 2.45) is 0 Å². The minimum Gasteiger partial charge on any atom is -0.491 e. The molecule has 0 aromatic heterocycles. The minimum absolute atomic E-state index is 0.136. The lowest BCUT2D eigenvalue weighted by atomic mass is 10.1. The lowest BCUT2D eigenvalue weighted by Crippen LogP contribution is -2.06. The number of nitrogens with two attached hydrogens (primary N) is 1. The van der Waals surface area contributed by atoms with Crippen molar-refractivity contribution in [3.8, 4) is 5.75 Å². The number of carbonyl (C=O) groups excluding carboxylic acids is 1. The van der Waals surface area contributed by atoms with Gasteiger partial charge in [0.1, 0.15) is 0 Å². The first-order chi connectivity index (χ1) is 7.56. The average Bonchev–Trinajstić information content (AvgIpc) is 2.20. The molecule has 3 nitrogen and oxygen atoms in total. The van der Waals surface area contributed by atoms with E-state index in [2.05, 4.69) is 15.9 Å². The Morgan fingerprint density at radius 2 is 2.25 bits per heavy atom. The number of hydrogen-bond donors (Lipinski definition) is 1. The van der Waals surface area contributed by atoms with Crippen LogP contribution >= 0.6 is 15.9 Å². The van der Waals surface area contributed by atoms with Crippen LogP contribution in [0.3, 0.4) is 0 Å². The summed E-state index contributed by atoms with van der Waals surface area (Å²) in [5.41, 5.74) is 6.52. The quantitative estimate of drug-likeness (QED) is 0.515. The van der Waals surface area contributed by atoms with Crippen LogP contribution in [0.25, 0.3) is 0 Å². The molecule has 0 atom stereocenters. The topological polar surface area (TPSA) is 52.3 Å². The zero-order valence-electron chi connectivity index (χ0n) is 8.93. The van der Waals surface area contributed by atoms with Gasteiger partial charge in [0.15, 0.2) is 11.5 Å². The van der Waals surface area contributed by atoms with Gasteiger partial charge < -0.3 is 10.5 Å². The number of Topliss-reactive ketones (excluding diaryl/α,β-unsaturated/α-hetero) is 1. The van der Waals surface area contributed by atoms with Crippen LogP contribution in [0.1, 0.15) is 23.7 Å². The molecule has 0 fully saturated rings. The van der Waals surface area contributed by atoms with E-state index >= 15 is 0 Å². The van der Waals surface area contributed by atoms with Gasteiger partial charge in [0.2, 0.25) is 0 Å². The molecule has 0 amide bonds. The maximum Gasteiger partial charge on any atom is 0.163 e. The number of rotatable bonds is 5. The molecule has 0 spiro atoms. The molecule has 0 radical (unpaired) electrons. The summed E-state index contributed by atoms with van der Waals surface area (Å²) in [6, 6.07) is 3.29. The molecule has 1 aromatic carbocycles. The Morgan fingerprint density at radius 1 is 1.56 bits per heavy atom. The number of ether oxygens (including phenoxy) is 1. The summed E-state index contributed by atoms with van der Waals surface area (Å²) >= 11 is 3.25. The number of benzene rings is 1. The molecule has 0 heterocycles. The Morgan fingerprint density at radius 3 is 2.81 bits per heavy atom. The third kappa shape index (κ3) is 3.20. The van der Waals surface area contributed by atoms with E-state index in [-0.39, 0.29) is 18.8 Å². The summed E-state index contributed by atoms with van der Waals surface area (Å²) < 4.78 is 18.0. The van der Waals surface area contributed by atoms with Gasteiger partial charge in [0.05, 0.1) is 24.5 Å². The molecule has 0 aliphatic carbocycles. The SMILES string of the molecule is CC(=O)c1cc(Br)cc(N)c1OCCCF. The summed E-state index contributed by atoms with van der Waals surface area (Å²) in [7, 11) is 0. The summed E-state index contributed by atoms with van der Waals surface area (Å²) in [4.78, 5) is 11.4. The maximum atomic E-state index is 11.9. The van der Waals surface area contributed by atoms with Crippen molar-refractivity contribution in [3.05, 3.63) is 22.2 Å². The van der Waals surface area contributed by atoms with Crippen LogP contribution in [0.5, 0.6) is 5.75 Å². The minimum atomic E-state index is -0.453. The highest BCUT2D eigenvalue weighted by Crippen LogP contribution is 2.31. The number of alkyl halides is 1. The van der Waals surface area contributed by atoms with E-state index < -0.39 is 6.67 Å². The van der Waals surface area contributed by atoms with Crippen molar-refractivity contribution in [3.63, 3.8) is 0 Å². The Balaban J connectivity index is 2.99. The van der Waals surface area contributed by atoms with Crippen LogP contribution in [0.4, 0.5) is 10.1 Å². The standard InChI is InChI=1S/C11H13BrFNO2/c1-7(15)9-5-8(12)6-10(14)11(9)16-4-2-3-13/h5-6H,2-4,14H2,1H3. The van der Waals surface area contributed by atoms with Crippen molar-refractivity contribution < 1.29 is 13.9 Å². The molecule has 0 aliphatic heterocycles. The van der Waals surface area contributed by atoms with Gasteiger partial charge in [-0.05, 0) is 19.1 Å². The number of carbonyl (C=O) groups is 1.